The van der Waals surface area contributed by atoms with Gasteiger partial charge in [-0.2, -0.15) is 0 Å². The highest BCUT2D eigenvalue weighted by Crippen LogP contribution is 2.38. The Kier molecular flexibility index (Phi) is 6.96. The van der Waals surface area contributed by atoms with Gasteiger partial charge in [0.2, 0.25) is 0 Å². The van der Waals surface area contributed by atoms with E-state index in [-0.39, 0.29) is 23.6 Å². The molecule has 1 aliphatic rings. The van der Waals surface area contributed by atoms with Crippen LogP contribution in [0.3, 0.4) is 0 Å². The predicted molar refractivity (Wildman–Crippen MR) is 130 cm³/mol. The number of benzene rings is 2. The molecule has 1 amide bonds. The average molecular weight is 454 g/mol. The van der Waals surface area contributed by atoms with Gasteiger partial charge in [0, 0.05) is 6.54 Å². The molecular weight excluding hydrogens is 418 g/mol. The molecule has 0 bridgehead atoms. The first-order valence-electron chi connectivity index (χ1n) is 11.2. The van der Waals surface area contributed by atoms with Gasteiger partial charge in [-0.15, -0.1) is 0 Å². The molecule has 1 heterocycles. The third-order valence-electron chi connectivity index (χ3n) is 5.99. The third-order valence-corrected chi connectivity index (χ3v) is 11.0. The summed E-state index contributed by atoms with van der Waals surface area (Å²) in [5.41, 5.74) is -0.591. The lowest BCUT2D eigenvalue weighted by molar-refractivity contribution is -0.121. The molecule has 5 nitrogen and oxygen atoms in total. The average Bonchev–Trinajstić information content (AvgIpc) is 2.70. The van der Waals surface area contributed by atoms with Gasteiger partial charge in [-0.1, -0.05) is 81.4 Å². The van der Waals surface area contributed by atoms with Gasteiger partial charge in [0.25, 0.3) is 8.32 Å². The minimum atomic E-state index is -2.74. The fraction of sp³-hybridized carbons (Fsp3) is 0.462. The number of carbonyl (C=O) groups excluding carboxylic acids is 2. The summed E-state index contributed by atoms with van der Waals surface area (Å²) >= 11 is 0. The number of likely N-dealkylation sites (tertiary alicyclic amines) is 1. The van der Waals surface area contributed by atoms with Crippen molar-refractivity contribution >= 4 is 31.1 Å². The van der Waals surface area contributed by atoms with Gasteiger partial charge in [0.05, 0.1) is 18.6 Å². The maximum Gasteiger partial charge on any atom is 0.410 e. The van der Waals surface area contributed by atoms with Crippen LogP contribution in [-0.4, -0.2) is 50.4 Å². The Labute approximate surface area is 192 Å². The maximum atomic E-state index is 12.7. The largest absolute Gasteiger partial charge is 0.444 e. The van der Waals surface area contributed by atoms with Crippen molar-refractivity contribution in [1.29, 1.82) is 0 Å². The third kappa shape index (κ3) is 4.81. The van der Waals surface area contributed by atoms with Gasteiger partial charge in [0.15, 0.2) is 0 Å². The molecular formula is C26H35NO4Si. The maximum absolute atomic E-state index is 12.7. The van der Waals surface area contributed by atoms with Crippen LogP contribution in [-0.2, 0) is 14.0 Å². The summed E-state index contributed by atoms with van der Waals surface area (Å²) in [5, 5.41) is 2.17. The van der Waals surface area contributed by atoms with Gasteiger partial charge in [-0.3, -0.25) is 0 Å². The van der Waals surface area contributed by atoms with Crippen molar-refractivity contribution in [2.45, 2.75) is 58.2 Å². The monoisotopic (exact) mass is 453 g/mol. The van der Waals surface area contributed by atoms with Crippen LogP contribution in [0.4, 0.5) is 4.79 Å². The second kappa shape index (κ2) is 9.20. The summed E-state index contributed by atoms with van der Waals surface area (Å²) in [6.45, 7) is 12.8. The Hall–Kier alpha value is -2.44. The molecule has 2 aromatic rings. The molecule has 1 saturated heterocycles. The molecule has 0 aromatic heterocycles. The Balaban J connectivity index is 1.96. The highest BCUT2D eigenvalue weighted by molar-refractivity contribution is 6.99. The van der Waals surface area contributed by atoms with Crippen molar-refractivity contribution < 1.29 is 18.8 Å². The molecule has 0 N–H and O–H groups in total. The number of hydrogen-bond acceptors (Lipinski definition) is 4. The normalized spacial score (nSPS) is 19.2. The molecule has 0 spiro atoms. The Morgan fingerprint density at radius 3 is 1.88 bits per heavy atom. The fourth-order valence-electron chi connectivity index (χ4n) is 4.43. The first-order chi connectivity index (χ1) is 15.0. The van der Waals surface area contributed by atoms with Crippen molar-refractivity contribution in [3.63, 3.8) is 0 Å². The second-order valence-electron chi connectivity index (χ2n) is 10.5. The van der Waals surface area contributed by atoms with Crippen LogP contribution in [0.5, 0.6) is 0 Å². The standard InChI is InChI=1S/C26H35NO4Si/c1-25(2,3)31-24(29)27-17-20(18-28)23(27)19-30-32(26(4,5)6,21-13-9-7-10-14-21)22-15-11-8-12-16-22/h7-16,18,20,23H,17,19H2,1-6H3. The highest BCUT2D eigenvalue weighted by Gasteiger charge is 2.52. The van der Waals surface area contributed by atoms with E-state index >= 15 is 0 Å². The number of aldehydes is 1. The summed E-state index contributed by atoms with van der Waals surface area (Å²) in [4.78, 5) is 26.0. The molecule has 6 heteroatoms. The first kappa shape index (κ1) is 24.2. The highest BCUT2D eigenvalue weighted by atomic mass is 28.4. The molecule has 2 unspecified atom stereocenters. The number of ether oxygens (including phenoxy) is 1. The van der Waals surface area contributed by atoms with Crippen molar-refractivity contribution in [3.05, 3.63) is 60.7 Å². The van der Waals surface area contributed by atoms with Crippen LogP contribution in [0.25, 0.3) is 0 Å². The van der Waals surface area contributed by atoms with E-state index in [2.05, 4.69) is 45.0 Å². The lowest BCUT2D eigenvalue weighted by Gasteiger charge is -2.49. The first-order valence-corrected chi connectivity index (χ1v) is 13.1. The van der Waals surface area contributed by atoms with Gasteiger partial charge >= 0.3 is 6.09 Å². The van der Waals surface area contributed by atoms with Crippen molar-refractivity contribution in [2.75, 3.05) is 13.2 Å². The van der Waals surface area contributed by atoms with Gasteiger partial charge in [-0.05, 0) is 36.2 Å². The molecule has 0 radical (unpaired) electrons. The Bertz CT molecular complexity index is 879. The van der Waals surface area contributed by atoms with Crippen molar-refractivity contribution in [3.8, 4) is 0 Å². The van der Waals surface area contributed by atoms with Crippen LogP contribution in [0.15, 0.2) is 60.7 Å². The molecule has 3 rings (SSSR count). The lowest BCUT2D eigenvalue weighted by atomic mass is 9.91. The van der Waals surface area contributed by atoms with E-state index in [1.54, 1.807) is 4.90 Å². The lowest BCUT2D eigenvalue weighted by Crippen LogP contribution is -2.69. The molecule has 172 valence electrons. The molecule has 0 saturated carbocycles. The van der Waals surface area contributed by atoms with Crippen LogP contribution in [0, 0.1) is 5.92 Å². The van der Waals surface area contributed by atoms with Crippen molar-refractivity contribution in [2.24, 2.45) is 5.92 Å². The van der Waals surface area contributed by atoms with E-state index in [1.807, 2.05) is 57.2 Å². The van der Waals surface area contributed by atoms with Crippen LogP contribution >= 0.6 is 0 Å². The fourth-order valence-corrected chi connectivity index (χ4v) is 9.00. The molecule has 1 fully saturated rings. The van der Waals surface area contributed by atoms with Gasteiger partial charge in [-0.25, -0.2) is 4.79 Å². The number of amides is 1. The Morgan fingerprint density at radius 2 is 1.47 bits per heavy atom. The predicted octanol–water partition coefficient (Wildman–Crippen LogP) is 4.00. The summed E-state index contributed by atoms with van der Waals surface area (Å²) in [5.74, 6) is -0.249. The Morgan fingerprint density at radius 1 is 0.969 bits per heavy atom. The molecule has 1 aliphatic heterocycles. The van der Waals surface area contributed by atoms with E-state index in [1.165, 1.54) is 10.4 Å². The number of carbonyl (C=O) groups is 2. The summed E-state index contributed by atoms with van der Waals surface area (Å²) in [6, 6.07) is 20.4. The number of rotatable bonds is 6. The minimum Gasteiger partial charge on any atom is -0.444 e. The van der Waals surface area contributed by atoms with E-state index in [4.69, 9.17) is 9.16 Å². The second-order valence-corrected chi connectivity index (χ2v) is 14.8. The quantitative estimate of drug-likeness (QED) is 0.490. The smallest absolute Gasteiger partial charge is 0.410 e. The summed E-state index contributed by atoms with van der Waals surface area (Å²) < 4.78 is 12.5. The minimum absolute atomic E-state index is 0.174. The van der Waals surface area contributed by atoms with E-state index in [0.29, 0.717) is 6.54 Å². The summed E-state index contributed by atoms with van der Waals surface area (Å²) in [7, 11) is -2.74. The molecule has 32 heavy (non-hydrogen) atoms. The van der Waals surface area contributed by atoms with Gasteiger partial charge < -0.3 is 18.9 Å². The van der Waals surface area contributed by atoms with E-state index < -0.39 is 20.0 Å². The van der Waals surface area contributed by atoms with Crippen molar-refractivity contribution in [1.82, 2.24) is 4.90 Å². The van der Waals surface area contributed by atoms with E-state index in [9.17, 15) is 9.59 Å². The number of nitrogens with zero attached hydrogens (tertiary/aromatic N) is 1. The van der Waals surface area contributed by atoms with E-state index in [0.717, 1.165) is 6.29 Å². The van der Waals surface area contributed by atoms with Crippen LogP contribution in [0.2, 0.25) is 5.04 Å². The molecule has 2 aromatic carbocycles. The van der Waals surface area contributed by atoms with Crippen LogP contribution < -0.4 is 10.4 Å². The zero-order chi connectivity index (χ0) is 23.6. The van der Waals surface area contributed by atoms with Gasteiger partial charge in [0.1, 0.15) is 11.9 Å². The summed E-state index contributed by atoms with van der Waals surface area (Å²) in [6.07, 6.45) is 0.534. The zero-order valence-electron chi connectivity index (χ0n) is 20.0. The topological polar surface area (TPSA) is 55.8 Å². The SMILES string of the molecule is CC(C)(C)OC(=O)N1CC(C=O)C1CO[Si](c1ccccc1)(c1ccccc1)C(C)(C)C. The zero-order valence-corrected chi connectivity index (χ0v) is 21.0. The van der Waals surface area contributed by atoms with Crippen LogP contribution in [0.1, 0.15) is 41.5 Å². The number of hydrogen-bond donors (Lipinski definition) is 0. The molecule has 2 atom stereocenters. The molecule has 0 aliphatic carbocycles.